The summed E-state index contributed by atoms with van der Waals surface area (Å²) in [6.45, 7) is 3.37. The van der Waals surface area contributed by atoms with Crippen LogP contribution in [-0.2, 0) is 38.1 Å². The first kappa shape index (κ1) is 26.2. The number of rotatable bonds is 10. The van der Waals surface area contributed by atoms with Crippen LogP contribution in [0.2, 0.25) is 0 Å². The van der Waals surface area contributed by atoms with Gasteiger partial charge in [0.15, 0.2) is 5.79 Å². The van der Waals surface area contributed by atoms with Crippen LogP contribution in [-0.4, -0.2) is 50.1 Å². The second-order valence-corrected chi connectivity index (χ2v) is 13.3. The number of benzene rings is 2. The zero-order valence-corrected chi connectivity index (χ0v) is 22.1. The summed E-state index contributed by atoms with van der Waals surface area (Å²) in [5, 5.41) is 0. The highest BCUT2D eigenvalue weighted by molar-refractivity contribution is 7.87. The van der Waals surface area contributed by atoms with Crippen LogP contribution in [0.4, 0.5) is 0 Å². The molecule has 2 saturated carbocycles. The third-order valence-corrected chi connectivity index (χ3v) is 9.75. The minimum absolute atomic E-state index is 0.0573. The van der Waals surface area contributed by atoms with E-state index in [4.69, 9.17) is 17.8 Å². The molecule has 0 unspecified atom stereocenters. The Bertz CT molecular complexity index is 1160. The van der Waals surface area contributed by atoms with E-state index in [2.05, 4.69) is 0 Å². The molecule has 0 bridgehead atoms. The van der Waals surface area contributed by atoms with Gasteiger partial charge in [0.1, 0.15) is 0 Å². The summed E-state index contributed by atoms with van der Waals surface area (Å²) in [7, 11) is -4.83. The summed E-state index contributed by atoms with van der Waals surface area (Å²) < 4.78 is 73.1. The molecule has 2 aromatic rings. The average molecular weight is 525 g/mol. The van der Waals surface area contributed by atoms with Gasteiger partial charge in [0.2, 0.25) is 0 Å². The second kappa shape index (κ2) is 9.24. The van der Waals surface area contributed by atoms with Gasteiger partial charge in [-0.05, 0) is 56.4 Å². The molecule has 0 N–H and O–H groups in total. The van der Waals surface area contributed by atoms with E-state index in [1.165, 1.54) is 24.3 Å². The average Bonchev–Trinajstić information content (AvgIpc) is 2.77. The molecule has 10 heteroatoms. The third-order valence-electron chi connectivity index (χ3n) is 7.19. The van der Waals surface area contributed by atoms with Crippen molar-refractivity contribution in [3.63, 3.8) is 0 Å². The summed E-state index contributed by atoms with van der Waals surface area (Å²) in [4.78, 5) is 0.115. The van der Waals surface area contributed by atoms with Gasteiger partial charge in [-0.3, -0.25) is 8.37 Å². The van der Waals surface area contributed by atoms with Crippen molar-refractivity contribution in [1.29, 1.82) is 0 Å². The molecule has 8 nitrogen and oxygen atoms in total. The monoisotopic (exact) mass is 524 g/mol. The summed E-state index contributed by atoms with van der Waals surface area (Å²) in [6.07, 6.45) is 2.37. The first-order valence-corrected chi connectivity index (χ1v) is 14.2. The molecular formula is C25H32O8S2. The van der Waals surface area contributed by atoms with Crippen LogP contribution in [0, 0.1) is 24.7 Å². The van der Waals surface area contributed by atoms with Crippen molar-refractivity contribution in [3.8, 4) is 0 Å². The van der Waals surface area contributed by atoms with Crippen LogP contribution in [0.5, 0.6) is 0 Å². The lowest BCUT2D eigenvalue weighted by molar-refractivity contribution is -0.331. The second-order valence-electron chi connectivity index (χ2n) is 10.1. The van der Waals surface area contributed by atoms with Crippen LogP contribution < -0.4 is 0 Å². The maximum atomic E-state index is 12.8. The molecule has 0 radical (unpaired) electrons. The van der Waals surface area contributed by atoms with Gasteiger partial charge in [0.05, 0.1) is 23.0 Å². The number of ether oxygens (including phenoxy) is 2. The maximum Gasteiger partial charge on any atom is 0.296 e. The Labute approximate surface area is 207 Å². The van der Waals surface area contributed by atoms with Crippen molar-refractivity contribution in [3.05, 3.63) is 59.7 Å². The molecule has 2 aromatic carbocycles. The fraction of sp³-hybridized carbons (Fsp3) is 0.520. The summed E-state index contributed by atoms with van der Waals surface area (Å²) in [5.74, 6) is -0.657. The van der Waals surface area contributed by atoms with E-state index in [0.717, 1.165) is 11.1 Å². The Morgan fingerprint density at radius 2 is 1.03 bits per heavy atom. The fourth-order valence-corrected chi connectivity index (χ4v) is 7.47. The molecule has 0 atom stereocenters. The number of aryl methyl sites for hydroxylation is 2. The van der Waals surface area contributed by atoms with Gasteiger partial charge in [0, 0.05) is 32.5 Å². The zero-order valence-electron chi connectivity index (χ0n) is 20.4. The SMILES string of the molecule is COC1(OC)CC2(CC(COS(=O)(=O)c3ccc(C)cc3)(COS(=O)(=O)c3ccc(C)cc3)C2)C1. The Morgan fingerprint density at radius 3 is 1.37 bits per heavy atom. The maximum absolute atomic E-state index is 12.8. The topological polar surface area (TPSA) is 105 Å². The lowest BCUT2D eigenvalue weighted by atomic mass is 9.44. The van der Waals surface area contributed by atoms with E-state index in [0.29, 0.717) is 25.7 Å². The van der Waals surface area contributed by atoms with Crippen molar-refractivity contribution in [2.24, 2.45) is 10.8 Å². The summed E-state index contributed by atoms with van der Waals surface area (Å²) in [5.41, 5.74) is 0.963. The van der Waals surface area contributed by atoms with Gasteiger partial charge in [-0.2, -0.15) is 16.8 Å². The summed E-state index contributed by atoms with van der Waals surface area (Å²) in [6, 6.07) is 12.8. The minimum Gasteiger partial charge on any atom is -0.353 e. The Balaban J connectivity index is 1.50. The van der Waals surface area contributed by atoms with Gasteiger partial charge < -0.3 is 9.47 Å². The lowest BCUT2D eigenvalue weighted by Gasteiger charge is -2.65. The molecule has 0 amide bonds. The van der Waals surface area contributed by atoms with E-state index in [1.807, 2.05) is 13.8 Å². The smallest absolute Gasteiger partial charge is 0.296 e. The highest BCUT2D eigenvalue weighted by atomic mass is 32.2. The fourth-order valence-electron chi connectivity index (χ4n) is 5.45. The molecule has 35 heavy (non-hydrogen) atoms. The highest BCUT2D eigenvalue weighted by Crippen LogP contribution is 2.68. The number of methoxy groups -OCH3 is 2. The molecule has 192 valence electrons. The van der Waals surface area contributed by atoms with E-state index in [9.17, 15) is 16.8 Å². The molecule has 0 aromatic heterocycles. The van der Waals surface area contributed by atoms with Gasteiger partial charge in [0.25, 0.3) is 20.2 Å². The standard InChI is InChI=1S/C25H32O8S2/c1-19-5-9-21(10-6-19)34(26,27)32-17-24(13-23(14-24)15-25(16-23,30-3)31-4)18-33-35(28,29)22-11-7-20(2)8-12-22/h5-12H,13-18H2,1-4H3. The molecule has 2 fully saturated rings. The van der Waals surface area contributed by atoms with Crippen LogP contribution in [0.1, 0.15) is 36.8 Å². The van der Waals surface area contributed by atoms with Crippen molar-refractivity contribution in [1.82, 2.24) is 0 Å². The molecule has 2 aliphatic carbocycles. The lowest BCUT2D eigenvalue weighted by Crippen LogP contribution is -2.64. The molecule has 0 heterocycles. The van der Waals surface area contributed by atoms with Crippen LogP contribution in [0.15, 0.2) is 58.3 Å². The number of hydrogen-bond acceptors (Lipinski definition) is 8. The quantitative estimate of drug-likeness (QED) is 0.340. The molecule has 4 rings (SSSR count). The van der Waals surface area contributed by atoms with Gasteiger partial charge in [-0.15, -0.1) is 0 Å². The number of hydrogen-bond donors (Lipinski definition) is 0. The van der Waals surface area contributed by atoms with Gasteiger partial charge in [-0.25, -0.2) is 0 Å². The first-order chi connectivity index (χ1) is 16.4. The predicted octanol–water partition coefficient (Wildman–Crippen LogP) is 3.96. The Hall–Kier alpha value is -1.82. The van der Waals surface area contributed by atoms with Gasteiger partial charge >= 0.3 is 0 Å². The zero-order chi connectivity index (χ0) is 25.5. The van der Waals surface area contributed by atoms with E-state index in [1.54, 1.807) is 38.5 Å². The van der Waals surface area contributed by atoms with Crippen molar-refractivity contribution >= 4 is 20.2 Å². The minimum atomic E-state index is -4.01. The first-order valence-electron chi connectivity index (χ1n) is 11.4. The normalized spacial score (nSPS) is 20.2. The van der Waals surface area contributed by atoms with Gasteiger partial charge in [-0.1, -0.05) is 35.4 Å². The Kier molecular flexibility index (Phi) is 6.93. The largest absolute Gasteiger partial charge is 0.353 e. The van der Waals surface area contributed by atoms with Crippen molar-refractivity contribution < 1.29 is 34.7 Å². The van der Waals surface area contributed by atoms with Crippen LogP contribution >= 0.6 is 0 Å². The molecule has 0 saturated heterocycles. The van der Waals surface area contributed by atoms with Crippen LogP contribution in [0.3, 0.4) is 0 Å². The molecular weight excluding hydrogens is 492 g/mol. The summed E-state index contributed by atoms with van der Waals surface area (Å²) >= 11 is 0. The Morgan fingerprint density at radius 1 is 0.657 bits per heavy atom. The van der Waals surface area contributed by atoms with Crippen molar-refractivity contribution in [2.45, 2.75) is 55.1 Å². The van der Waals surface area contributed by atoms with Crippen LogP contribution in [0.25, 0.3) is 0 Å². The molecule has 2 aliphatic rings. The predicted molar refractivity (Wildman–Crippen MR) is 129 cm³/mol. The van der Waals surface area contributed by atoms with Crippen molar-refractivity contribution in [2.75, 3.05) is 27.4 Å². The van der Waals surface area contributed by atoms with E-state index >= 15 is 0 Å². The molecule has 1 spiro atoms. The van der Waals surface area contributed by atoms with E-state index in [-0.39, 0.29) is 28.4 Å². The van der Waals surface area contributed by atoms with E-state index < -0.39 is 31.4 Å². The highest BCUT2D eigenvalue weighted by Gasteiger charge is 2.66. The third kappa shape index (κ3) is 5.33. The molecule has 0 aliphatic heterocycles.